The number of hydrogen-bond acceptors (Lipinski definition) is 0. The fourth-order valence-corrected chi connectivity index (χ4v) is 2.67. The van der Waals surface area contributed by atoms with E-state index < -0.39 is 0 Å². The number of fused-ring (bicyclic) bond motifs is 1. The van der Waals surface area contributed by atoms with Crippen molar-refractivity contribution in [3.8, 4) is 0 Å². The maximum atomic E-state index is 3.89. The maximum Gasteiger partial charge on any atom is 0.286 e. The third-order valence-electron chi connectivity index (χ3n) is 3.74. The molecule has 21 heavy (non-hydrogen) atoms. The summed E-state index contributed by atoms with van der Waals surface area (Å²) in [5.74, 6) is 0. The van der Waals surface area contributed by atoms with Crippen molar-refractivity contribution in [2.45, 2.75) is 46.1 Å². The van der Waals surface area contributed by atoms with Gasteiger partial charge in [-0.2, -0.15) is 0 Å². The molecule has 2 nitrogen and oxygen atoms in total. The molecule has 0 unspecified atom stereocenters. The van der Waals surface area contributed by atoms with Gasteiger partial charge in [-0.15, -0.1) is 0 Å². The quantitative estimate of drug-likeness (QED) is 0.290. The van der Waals surface area contributed by atoms with E-state index in [9.17, 15) is 0 Å². The number of rotatable bonds is 7. The summed E-state index contributed by atoms with van der Waals surface area (Å²) in [5.41, 5.74) is 3.97. The van der Waals surface area contributed by atoms with Crippen molar-refractivity contribution in [3.63, 3.8) is 0 Å². The zero-order chi connectivity index (χ0) is 14.4. The van der Waals surface area contributed by atoms with Crippen LogP contribution in [0.1, 0.15) is 45.2 Å². The minimum atomic E-state index is 0. The van der Waals surface area contributed by atoms with E-state index in [1.54, 1.807) is 0 Å². The number of nitrogens with zero attached hydrogens (tertiary/aromatic N) is 2. The van der Waals surface area contributed by atoms with Crippen LogP contribution in [0.25, 0.3) is 11.2 Å². The van der Waals surface area contributed by atoms with Gasteiger partial charge in [0.25, 0.3) is 5.65 Å². The molecule has 3 heteroatoms. The lowest BCUT2D eigenvalue weighted by atomic mass is 10.0. The van der Waals surface area contributed by atoms with Gasteiger partial charge in [-0.05, 0) is 31.4 Å². The molecule has 2 aromatic heterocycles. The highest BCUT2D eigenvalue weighted by Crippen LogP contribution is 2.22. The van der Waals surface area contributed by atoms with E-state index in [-0.39, 0.29) is 24.0 Å². The van der Waals surface area contributed by atoms with E-state index >= 15 is 0 Å². The van der Waals surface area contributed by atoms with Crippen molar-refractivity contribution >= 4 is 11.2 Å². The van der Waals surface area contributed by atoms with Crippen LogP contribution in [0.2, 0.25) is 0 Å². The van der Waals surface area contributed by atoms with E-state index in [4.69, 9.17) is 0 Å². The normalized spacial score (nSPS) is 11.4. The summed E-state index contributed by atoms with van der Waals surface area (Å²) >= 11 is 0. The number of hydrogen-bond donors (Lipinski definition) is 0. The standard InChI is InChI=1S/C18H25N2.HI/c1-4-7-8-11-16(6-3)17-15-19-14-10-9-12-18(19)20(17)13-5-2;/h5-6,9-10,12,14-15H,2,4,7-8,11,13H2,1,3H3;1H/q+1;/p-1. The summed E-state index contributed by atoms with van der Waals surface area (Å²) in [4.78, 5) is 0. The zero-order valence-electron chi connectivity index (χ0n) is 13.1. The Hall–Kier alpha value is -1.10. The van der Waals surface area contributed by atoms with Gasteiger partial charge < -0.3 is 24.0 Å². The Morgan fingerprint density at radius 1 is 1.33 bits per heavy atom. The van der Waals surface area contributed by atoms with Crippen LogP contribution in [-0.2, 0) is 6.54 Å². The molecule has 2 rings (SSSR count). The Labute approximate surface area is 145 Å². The minimum Gasteiger partial charge on any atom is -1.00 e. The van der Waals surface area contributed by atoms with Crippen LogP contribution in [0.5, 0.6) is 0 Å². The van der Waals surface area contributed by atoms with Crippen LogP contribution < -0.4 is 28.4 Å². The molecule has 2 aromatic rings. The van der Waals surface area contributed by atoms with Crippen molar-refractivity contribution in [3.05, 3.63) is 55.0 Å². The smallest absolute Gasteiger partial charge is 0.286 e. The SMILES string of the molecule is C=CCn1c(C(=CC)CCCCC)c[n+]2ccccc12.[I-]. The van der Waals surface area contributed by atoms with Gasteiger partial charge >= 0.3 is 0 Å². The summed E-state index contributed by atoms with van der Waals surface area (Å²) in [6, 6.07) is 6.32. The molecule has 0 radical (unpaired) electrons. The molecule has 0 amide bonds. The molecule has 0 aliphatic heterocycles. The third-order valence-corrected chi connectivity index (χ3v) is 3.74. The molecule has 0 N–H and O–H groups in total. The zero-order valence-corrected chi connectivity index (χ0v) is 15.2. The molecule has 0 atom stereocenters. The van der Waals surface area contributed by atoms with Crippen molar-refractivity contribution in [1.82, 2.24) is 4.57 Å². The molecular weight excluding hydrogens is 371 g/mol. The molecule has 0 bridgehead atoms. The third kappa shape index (κ3) is 4.19. The lowest BCUT2D eigenvalue weighted by Crippen LogP contribution is -3.00. The van der Waals surface area contributed by atoms with Crippen molar-refractivity contribution in [2.75, 3.05) is 0 Å². The average molecular weight is 396 g/mol. The van der Waals surface area contributed by atoms with Gasteiger partial charge in [0.1, 0.15) is 12.7 Å². The number of imidazole rings is 1. The second-order valence-corrected chi connectivity index (χ2v) is 5.15. The van der Waals surface area contributed by atoms with Crippen molar-refractivity contribution < 1.29 is 28.4 Å². The first-order valence-corrected chi connectivity index (χ1v) is 7.57. The minimum absolute atomic E-state index is 0. The van der Waals surface area contributed by atoms with Gasteiger partial charge in [0.05, 0.1) is 6.20 Å². The average Bonchev–Trinajstić information content (AvgIpc) is 2.83. The largest absolute Gasteiger partial charge is 1.00 e. The summed E-state index contributed by atoms with van der Waals surface area (Å²) in [6.45, 7) is 9.13. The fourth-order valence-electron chi connectivity index (χ4n) is 2.67. The van der Waals surface area contributed by atoms with Gasteiger partial charge in [0.2, 0.25) is 0 Å². The van der Waals surface area contributed by atoms with Crippen LogP contribution >= 0.6 is 0 Å². The van der Waals surface area contributed by atoms with Gasteiger partial charge in [-0.25, -0.2) is 8.97 Å². The number of allylic oxidation sites excluding steroid dienone is 3. The molecule has 0 saturated heterocycles. The van der Waals surface area contributed by atoms with E-state index in [1.807, 2.05) is 6.08 Å². The molecule has 0 aromatic carbocycles. The summed E-state index contributed by atoms with van der Waals surface area (Å²) < 4.78 is 4.54. The highest BCUT2D eigenvalue weighted by atomic mass is 127. The molecule has 0 saturated carbocycles. The van der Waals surface area contributed by atoms with Crippen LogP contribution in [0.4, 0.5) is 0 Å². The lowest BCUT2D eigenvalue weighted by molar-refractivity contribution is -0.510. The Morgan fingerprint density at radius 3 is 2.81 bits per heavy atom. The second-order valence-electron chi connectivity index (χ2n) is 5.15. The van der Waals surface area contributed by atoms with E-state index in [2.05, 4.69) is 66.1 Å². The topological polar surface area (TPSA) is 9.03 Å². The molecule has 2 heterocycles. The first kappa shape index (κ1) is 18.0. The molecule has 0 spiro atoms. The maximum absolute atomic E-state index is 3.89. The highest BCUT2D eigenvalue weighted by molar-refractivity contribution is 5.63. The summed E-state index contributed by atoms with van der Waals surface area (Å²) in [7, 11) is 0. The van der Waals surface area contributed by atoms with E-state index in [0.717, 1.165) is 13.0 Å². The number of unbranched alkanes of at least 4 members (excludes halogenated alkanes) is 2. The van der Waals surface area contributed by atoms with Gasteiger partial charge in [-0.1, -0.05) is 44.6 Å². The van der Waals surface area contributed by atoms with Crippen LogP contribution in [-0.4, -0.2) is 4.57 Å². The Kier molecular flexibility index (Phi) is 7.72. The Balaban J connectivity index is 0.00000220. The van der Waals surface area contributed by atoms with Crippen LogP contribution in [0.15, 0.2) is 49.3 Å². The van der Waals surface area contributed by atoms with E-state index in [0.29, 0.717) is 0 Å². The van der Waals surface area contributed by atoms with Crippen LogP contribution in [0, 0.1) is 0 Å². The summed E-state index contributed by atoms with van der Waals surface area (Å²) in [6.07, 6.45) is 13.5. The molecule has 0 fully saturated rings. The first-order chi connectivity index (χ1) is 9.81. The first-order valence-electron chi connectivity index (χ1n) is 7.57. The van der Waals surface area contributed by atoms with E-state index in [1.165, 1.54) is 36.2 Å². The van der Waals surface area contributed by atoms with Gasteiger partial charge in [-0.3, -0.25) is 0 Å². The molecule has 114 valence electrons. The van der Waals surface area contributed by atoms with Gasteiger partial charge in [0.15, 0.2) is 5.69 Å². The highest BCUT2D eigenvalue weighted by Gasteiger charge is 2.18. The Morgan fingerprint density at radius 2 is 2.14 bits per heavy atom. The monoisotopic (exact) mass is 396 g/mol. The van der Waals surface area contributed by atoms with Gasteiger partial charge in [0, 0.05) is 6.07 Å². The molecule has 0 aliphatic rings. The lowest BCUT2D eigenvalue weighted by Gasteiger charge is -2.05. The predicted octanol–water partition coefficient (Wildman–Crippen LogP) is 1.40. The molecular formula is C18H25IN2. The Bertz CT molecular complexity index is 611. The second kappa shape index (κ2) is 9.03. The predicted molar refractivity (Wildman–Crippen MR) is 85.6 cm³/mol. The van der Waals surface area contributed by atoms with Crippen molar-refractivity contribution in [1.29, 1.82) is 0 Å². The molecule has 0 aliphatic carbocycles. The fraction of sp³-hybridized carbons (Fsp3) is 0.389. The number of aromatic nitrogens is 2. The number of halogens is 1. The number of pyridine rings is 1. The van der Waals surface area contributed by atoms with Crippen LogP contribution in [0.3, 0.4) is 0 Å². The summed E-state index contributed by atoms with van der Waals surface area (Å²) in [5, 5.41) is 0. The van der Waals surface area contributed by atoms with Crippen molar-refractivity contribution in [2.24, 2.45) is 0 Å².